The molecule has 1 aromatic carbocycles. The van der Waals surface area contributed by atoms with Gasteiger partial charge in [0.05, 0.1) is 13.7 Å². The van der Waals surface area contributed by atoms with Gasteiger partial charge in [-0.2, -0.15) is 0 Å². The summed E-state index contributed by atoms with van der Waals surface area (Å²) in [6, 6.07) is 4.07. The lowest BCUT2D eigenvalue weighted by Gasteiger charge is -2.39. The Labute approximate surface area is 120 Å². The van der Waals surface area contributed by atoms with Crippen LogP contribution in [0.4, 0.5) is 0 Å². The summed E-state index contributed by atoms with van der Waals surface area (Å²) in [4.78, 5) is 0. The zero-order valence-corrected chi connectivity index (χ0v) is 11.3. The van der Waals surface area contributed by atoms with Crippen LogP contribution in [0.2, 0.25) is 0 Å². The van der Waals surface area contributed by atoms with Crippen molar-refractivity contribution in [2.75, 3.05) is 13.7 Å². The maximum Gasteiger partial charge on any atom is 0.229 e. The van der Waals surface area contributed by atoms with Gasteiger partial charge in [0.25, 0.3) is 0 Å². The third kappa shape index (κ3) is 3.36. The Morgan fingerprint density at radius 3 is 2.33 bits per heavy atom. The maximum absolute atomic E-state index is 9.84. The Bertz CT molecular complexity index is 477. The highest BCUT2D eigenvalue weighted by Crippen LogP contribution is 2.30. The molecule has 1 aliphatic heterocycles. The van der Waals surface area contributed by atoms with Crippen LogP contribution in [0.15, 0.2) is 18.2 Å². The Balaban J connectivity index is 2.16. The van der Waals surface area contributed by atoms with Gasteiger partial charge in [-0.25, -0.2) is 0 Å². The van der Waals surface area contributed by atoms with Gasteiger partial charge in [-0.3, -0.25) is 0 Å². The number of hydrogen-bond acceptors (Lipinski definition) is 8. The van der Waals surface area contributed by atoms with E-state index >= 15 is 0 Å². The number of phenols is 1. The van der Waals surface area contributed by atoms with Crippen LogP contribution in [0.1, 0.15) is 0 Å². The molecule has 1 saturated heterocycles. The van der Waals surface area contributed by atoms with E-state index in [2.05, 4.69) is 0 Å². The fraction of sp³-hybridized carbons (Fsp3) is 0.538. The lowest BCUT2D eigenvalue weighted by molar-refractivity contribution is -0.277. The molecular formula is C13H18O8. The molecule has 8 nitrogen and oxygen atoms in total. The molecule has 1 fully saturated rings. The van der Waals surface area contributed by atoms with E-state index in [0.717, 1.165) is 0 Å². The smallest absolute Gasteiger partial charge is 0.229 e. The molecule has 118 valence electrons. The number of ether oxygens (including phenoxy) is 3. The lowest BCUT2D eigenvalue weighted by atomic mass is 9.99. The van der Waals surface area contributed by atoms with Crippen LogP contribution in [-0.2, 0) is 4.74 Å². The lowest BCUT2D eigenvalue weighted by Crippen LogP contribution is -2.60. The third-order valence-electron chi connectivity index (χ3n) is 3.20. The molecule has 0 saturated carbocycles. The monoisotopic (exact) mass is 302 g/mol. The van der Waals surface area contributed by atoms with Gasteiger partial charge >= 0.3 is 0 Å². The highest BCUT2D eigenvalue weighted by molar-refractivity contribution is 5.41. The first-order chi connectivity index (χ1) is 9.96. The van der Waals surface area contributed by atoms with Gasteiger partial charge in [0, 0.05) is 18.2 Å². The molecule has 0 bridgehead atoms. The summed E-state index contributed by atoms with van der Waals surface area (Å²) in [6.07, 6.45) is -6.88. The van der Waals surface area contributed by atoms with Crippen molar-refractivity contribution in [2.24, 2.45) is 0 Å². The molecule has 0 amide bonds. The number of hydrogen-bond donors (Lipinski definition) is 5. The summed E-state index contributed by atoms with van der Waals surface area (Å²) in [6.45, 7) is -0.547. The molecule has 5 N–H and O–H groups in total. The normalized spacial score (nSPS) is 32.7. The molecular weight excluding hydrogens is 284 g/mol. The summed E-state index contributed by atoms with van der Waals surface area (Å²) in [5.74, 6) is 0.347. The van der Waals surface area contributed by atoms with Crippen LogP contribution in [0, 0.1) is 0 Å². The summed E-state index contributed by atoms with van der Waals surface area (Å²) in [5, 5.41) is 47.8. The Kier molecular flexibility index (Phi) is 4.86. The summed E-state index contributed by atoms with van der Waals surface area (Å²) in [7, 11) is 1.41. The van der Waals surface area contributed by atoms with Gasteiger partial charge in [0.1, 0.15) is 41.7 Å². The Hall–Kier alpha value is -1.58. The van der Waals surface area contributed by atoms with Crippen molar-refractivity contribution in [1.82, 2.24) is 0 Å². The quantitative estimate of drug-likeness (QED) is 0.458. The number of aromatic hydroxyl groups is 1. The van der Waals surface area contributed by atoms with Crippen molar-refractivity contribution < 1.29 is 39.7 Å². The number of rotatable bonds is 4. The predicted molar refractivity (Wildman–Crippen MR) is 69.1 cm³/mol. The van der Waals surface area contributed by atoms with E-state index in [1.165, 1.54) is 25.3 Å². The molecule has 1 aromatic rings. The van der Waals surface area contributed by atoms with E-state index in [-0.39, 0.29) is 11.5 Å². The van der Waals surface area contributed by atoms with Crippen molar-refractivity contribution in [1.29, 1.82) is 0 Å². The van der Waals surface area contributed by atoms with E-state index in [0.29, 0.717) is 5.75 Å². The highest BCUT2D eigenvalue weighted by Gasteiger charge is 2.44. The van der Waals surface area contributed by atoms with Gasteiger partial charge in [0.2, 0.25) is 6.29 Å². The third-order valence-corrected chi connectivity index (χ3v) is 3.20. The first-order valence-electron chi connectivity index (χ1n) is 6.31. The molecule has 5 atom stereocenters. The standard InChI is InChI=1S/C13H18O8/c1-19-7-2-6(15)3-8(4-7)20-13-12(18)11(17)10(16)9(5-14)21-13/h2-4,9-18H,5H2,1H3/t9-,10+,11+,12+,13+/m0/s1. The van der Waals surface area contributed by atoms with E-state index in [1.54, 1.807) is 0 Å². The zero-order chi connectivity index (χ0) is 15.6. The van der Waals surface area contributed by atoms with Crippen molar-refractivity contribution in [3.05, 3.63) is 18.2 Å². The zero-order valence-electron chi connectivity index (χ0n) is 11.3. The Morgan fingerprint density at radius 1 is 1.05 bits per heavy atom. The molecule has 21 heavy (non-hydrogen) atoms. The second-order valence-corrected chi connectivity index (χ2v) is 4.68. The van der Waals surface area contributed by atoms with Crippen LogP contribution in [0.25, 0.3) is 0 Å². The number of aliphatic hydroxyl groups excluding tert-OH is 4. The number of phenolic OH excluding ortho intramolecular Hbond substituents is 1. The minimum Gasteiger partial charge on any atom is -0.508 e. The molecule has 0 spiro atoms. The second-order valence-electron chi connectivity index (χ2n) is 4.68. The van der Waals surface area contributed by atoms with E-state index < -0.39 is 37.3 Å². The minimum atomic E-state index is -1.53. The van der Waals surface area contributed by atoms with Gasteiger partial charge in [0.15, 0.2) is 0 Å². The number of aliphatic hydroxyl groups is 4. The average molecular weight is 302 g/mol. The molecule has 2 rings (SSSR count). The number of benzene rings is 1. The van der Waals surface area contributed by atoms with Crippen molar-refractivity contribution >= 4 is 0 Å². The molecule has 1 aliphatic rings. The van der Waals surface area contributed by atoms with Crippen LogP contribution in [-0.4, -0.2) is 70.0 Å². The highest BCUT2D eigenvalue weighted by atomic mass is 16.7. The molecule has 1 heterocycles. The van der Waals surface area contributed by atoms with Crippen LogP contribution < -0.4 is 9.47 Å². The average Bonchev–Trinajstić information content (AvgIpc) is 2.47. The fourth-order valence-corrected chi connectivity index (χ4v) is 2.04. The molecule has 8 heteroatoms. The van der Waals surface area contributed by atoms with E-state index in [9.17, 15) is 20.4 Å². The van der Waals surface area contributed by atoms with Crippen molar-refractivity contribution in [3.63, 3.8) is 0 Å². The van der Waals surface area contributed by atoms with Crippen LogP contribution in [0.5, 0.6) is 17.2 Å². The molecule has 0 aliphatic carbocycles. The van der Waals surface area contributed by atoms with E-state index in [1.807, 2.05) is 0 Å². The second kappa shape index (κ2) is 6.46. The maximum atomic E-state index is 9.84. The predicted octanol–water partition coefficient (Wildman–Crippen LogP) is -1.42. The van der Waals surface area contributed by atoms with Crippen molar-refractivity contribution in [3.8, 4) is 17.2 Å². The molecule has 0 aromatic heterocycles. The SMILES string of the molecule is COc1cc(O)cc(O[C@@H]2O[C@@H](CO)[C@@H](O)[C@@H](O)[C@H]2O)c1. The van der Waals surface area contributed by atoms with Crippen molar-refractivity contribution in [2.45, 2.75) is 30.7 Å². The van der Waals surface area contributed by atoms with Gasteiger partial charge in [-0.05, 0) is 0 Å². The van der Waals surface area contributed by atoms with Crippen LogP contribution >= 0.6 is 0 Å². The summed E-state index contributed by atoms with van der Waals surface area (Å²) in [5.41, 5.74) is 0. The molecule has 0 radical (unpaired) electrons. The Morgan fingerprint density at radius 2 is 1.71 bits per heavy atom. The van der Waals surface area contributed by atoms with Gasteiger partial charge < -0.3 is 39.7 Å². The largest absolute Gasteiger partial charge is 0.508 e. The van der Waals surface area contributed by atoms with Crippen LogP contribution in [0.3, 0.4) is 0 Å². The first-order valence-corrected chi connectivity index (χ1v) is 6.31. The fourth-order valence-electron chi connectivity index (χ4n) is 2.04. The minimum absolute atomic E-state index is 0.117. The topological polar surface area (TPSA) is 129 Å². The molecule has 0 unspecified atom stereocenters. The summed E-state index contributed by atoms with van der Waals surface area (Å²) < 4.78 is 15.5. The van der Waals surface area contributed by atoms with E-state index in [4.69, 9.17) is 19.3 Å². The van der Waals surface area contributed by atoms with Gasteiger partial charge in [-0.15, -0.1) is 0 Å². The van der Waals surface area contributed by atoms with Gasteiger partial charge in [-0.1, -0.05) is 0 Å². The first kappa shape index (κ1) is 15.8. The summed E-state index contributed by atoms with van der Waals surface area (Å²) >= 11 is 0. The number of methoxy groups -OCH3 is 1.